The minimum Gasteiger partial charge on any atom is -0.474 e. The number of aliphatic imine (C=N–C) groups is 2. The quantitative estimate of drug-likeness (QED) is 0.462. The molecule has 6 bridgehead atoms. The van der Waals surface area contributed by atoms with Crippen molar-refractivity contribution in [2.24, 2.45) is 27.7 Å². The fraction of sp³-hybridized carbons (Fsp3) is 0.583. The summed E-state index contributed by atoms with van der Waals surface area (Å²) in [5, 5.41) is 9.25. The highest BCUT2D eigenvalue weighted by Crippen LogP contribution is 2.35. The van der Waals surface area contributed by atoms with Crippen molar-refractivity contribution in [3.63, 3.8) is 0 Å². The fourth-order valence-electron chi connectivity index (χ4n) is 6.98. The maximum Gasteiger partial charge on any atom is 0.271 e. The van der Waals surface area contributed by atoms with Crippen LogP contribution in [0.3, 0.4) is 0 Å². The van der Waals surface area contributed by atoms with Gasteiger partial charge in [-0.1, -0.05) is 64.4 Å². The predicted octanol–water partition coefficient (Wildman–Crippen LogP) is 4.62. The number of fused-ring (bicyclic) bond motifs is 6. The number of Topliss-reactive ketones (excluding diaryl/α,β-unsaturated/α-hetero) is 1. The monoisotopic (exact) mass is 706 g/mol. The van der Waals surface area contributed by atoms with Gasteiger partial charge in [-0.15, -0.1) is 23.1 Å². The Labute approximate surface area is 296 Å². The van der Waals surface area contributed by atoms with Gasteiger partial charge >= 0.3 is 0 Å². The first-order valence-corrected chi connectivity index (χ1v) is 19.3. The van der Waals surface area contributed by atoms with E-state index in [1.54, 1.807) is 22.0 Å². The first-order chi connectivity index (χ1) is 23.5. The molecule has 6 rings (SSSR count). The average Bonchev–Trinajstić information content (AvgIpc) is 3.91. The van der Waals surface area contributed by atoms with Crippen LogP contribution in [0.5, 0.6) is 0 Å². The van der Waals surface area contributed by atoms with E-state index < -0.39 is 42.2 Å². The SMILES string of the molecule is CCC(C)[C@@H]1CC(=O)[C@H]2N=C(O[C@@H]2C)[C@@H]2CCCN2C(=O)[C@@H](Cc2ccccc2)NC(=O)c2csc(n2)[C@@H](C(C)C)NC(=O)[C@@H]2CSC1=N2. The van der Waals surface area contributed by atoms with Crippen LogP contribution < -0.4 is 10.6 Å². The Bertz CT molecular complexity index is 1630. The van der Waals surface area contributed by atoms with Crippen LogP contribution in [0.25, 0.3) is 0 Å². The third-order valence-corrected chi connectivity index (χ3v) is 12.2. The second kappa shape index (κ2) is 15.1. The molecule has 0 spiro atoms. The minimum atomic E-state index is -0.866. The van der Waals surface area contributed by atoms with Crippen LogP contribution in [-0.4, -0.2) is 86.9 Å². The molecule has 3 amide bonds. The number of hydrogen-bond acceptors (Lipinski definition) is 10. The molecule has 0 aliphatic carbocycles. The molecule has 11 nitrogen and oxygen atoms in total. The van der Waals surface area contributed by atoms with Gasteiger partial charge in [0.2, 0.25) is 17.7 Å². The number of ketones is 1. The Hall–Kier alpha value is -3.58. The van der Waals surface area contributed by atoms with Crippen molar-refractivity contribution >= 4 is 57.5 Å². The van der Waals surface area contributed by atoms with Gasteiger partial charge in [-0.3, -0.25) is 24.2 Å². The highest BCUT2D eigenvalue weighted by Gasteiger charge is 2.44. The molecule has 1 saturated heterocycles. The lowest BCUT2D eigenvalue weighted by atomic mass is 9.86. The standard InChI is InChI=1S/C36H46N6O5S2/c1-6-20(4)23-16-28(43)30-21(5)47-33(41-30)27-13-10-14-42(27)36(46)24(15-22-11-8-7-9-12-22)37-31(44)25-18-49-35(39-25)29(19(2)3)40-32(45)26-17-48-34(23)38-26/h7-9,11-12,18-21,23-24,26-27,29-30H,6,10,13-17H2,1-5H3,(H,37,44)(H,40,45)/t20?,21-,23+,24-,26+,27+,29-,30+/m1/s1. The molecular weight excluding hydrogens is 661 g/mol. The van der Waals surface area contributed by atoms with Gasteiger partial charge in [0.05, 0.1) is 11.1 Å². The van der Waals surface area contributed by atoms with E-state index in [-0.39, 0.29) is 47.5 Å². The molecule has 1 unspecified atom stereocenters. The van der Waals surface area contributed by atoms with Crippen molar-refractivity contribution in [3.8, 4) is 0 Å². The molecule has 49 heavy (non-hydrogen) atoms. The highest BCUT2D eigenvalue weighted by atomic mass is 32.2. The van der Waals surface area contributed by atoms with Crippen molar-refractivity contribution in [1.29, 1.82) is 0 Å². The van der Waals surface area contributed by atoms with Crippen molar-refractivity contribution in [2.75, 3.05) is 12.3 Å². The number of benzene rings is 1. The summed E-state index contributed by atoms with van der Waals surface area (Å²) in [7, 11) is 0. The summed E-state index contributed by atoms with van der Waals surface area (Å²) in [6.45, 7) is 10.6. The molecule has 4 aliphatic heterocycles. The molecular formula is C36H46N6O5S2. The number of hydrogen-bond donors (Lipinski definition) is 2. The van der Waals surface area contributed by atoms with Crippen LogP contribution in [0.4, 0.5) is 0 Å². The normalized spacial score (nSPS) is 30.2. The van der Waals surface area contributed by atoms with E-state index in [0.717, 1.165) is 23.4 Å². The summed E-state index contributed by atoms with van der Waals surface area (Å²) in [5.74, 6) is 0.0104. The van der Waals surface area contributed by atoms with E-state index >= 15 is 0 Å². The molecule has 1 aromatic carbocycles. The summed E-state index contributed by atoms with van der Waals surface area (Å²) in [5.41, 5.74) is 1.10. The van der Waals surface area contributed by atoms with Gasteiger partial charge in [-0.05, 0) is 37.2 Å². The summed E-state index contributed by atoms with van der Waals surface area (Å²) in [6.07, 6.45) is 2.33. The number of thiazole rings is 1. The number of amides is 3. The molecule has 8 atom stereocenters. The molecule has 1 fully saturated rings. The fourth-order valence-corrected chi connectivity index (χ4v) is 9.28. The molecule has 0 saturated carbocycles. The first kappa shape index (κ1) is 35.3. The van der Waals surface area contributed by atoms with E-state index in [1.807, 2.05) is 51.1 Å². The lowest BCUT2D eigenvalue weighted by Gasteiger charge is -2.29. The minimum absolute atomic E-state index is 0.00371. The van der Waals surface area contributed by atoms with E-state index in [1.165, 1.54) is 11.3 Å². The number of ether oxygens (including phenoxy) is 1. The van der Waals surface area contributed by atoms with Crippen LogP contribution in [0.15, 0.2) is 45.7 Å². The van der Waals surface area contributed by atoms with E-state index in [0.29, 0.717) is 36.0 Å². The molecule has 2 aromatic rings. The van der Waals surface area contributed by atoms with Gasteiger partial charge in [-0.25, -0.2) is 9.98 Å². The Kier molecular flexibility index (Phi) is 10.9. The summed E-state index contributed by atoms with van der Waals surface area (Å²) in [4.78, 5) is 71.7. The van der Waals surface area contributed by atoms with Crippen LogP contribution >= 0.6 is 23.1 Å². The van der Waals surface area contributed by atoms with Crippen molar-refractivity contribution in [2.45, 2.75) is 103 Å². The number of nitrogens with one attached hydrogen (secondary N) is 2. The van der Waals surface area contributed by atoms with Gasteiger partial charge < -0.3 is 20.3 Å². The van der Waals surface area contributed by atoms with Crippen LogP contribution in [0.2, 0.25) is 0 Å². The highest BCUT2D eigenvalue weighted by molar-refractivity contribution is 8.14. The Morgan fingerprint density at radius 3 is 2.57 bits per heavy atom. The third kappa shape index (κ3) is 7.62. The number of carbonyl (C=O) groups excluding carboxylic acids is 4. The summed E-state index contributed by atoms with van der Waals surface area (Å²) in [6, 6.07) is 6.60. The average molecular weight is 707 g/mol. The van der Waals surface area contributed by atoms with Crippen molar-refractivity contribution in [1.82, 2.24) is 20.5 Å². The van der Waals surface area contributed by atoms with E-state index in [4.69, 9.17) is 14.7 Å². The smallest absolute Gasteiger partial charge is 0.271 e. The second-order valence-electron chi connectivity index (χ2n) is 13.9. The lowest BCUT2D eigenvalue weighted by Crippen LogP contribution is -2.52. The van der Waals surface area contributed by atoms with Crippen LogP contribution in [0, 0.1) is 17.8 Å². The molecule has 13 heteroatoms. The Morgan fingerprint density at radius 2 is 1.84 bits per heavy atom. The molecule has 4 aliphatic rings. The number of carbonyl (C=O) groups is 4. The molecule has 262 valence electrons. The van der Waals surface area contributed by atoms with Crippen LogP contribution in [-0.2, 0) is 25.5 Å². The lowest BCUT2D eigenvalue weighted by molar-refractivity contribution is -0.133. The van der Waals surface area contributed by atoms with Crippen molar-refractivity contribution in [3.05, 3.63) is 52.0 Å². The second-order valence-corrected chi connectivity index (χ2v) is 15.8. The zero-order chi connectivity index (χ0) is 34.8. The zero-order valence-electron chi connectivity index (χ0n) is 28.8. The topological polar surface area (TPSA) is 142 Å². The summed E-state index contributed by atoms with van der Waals surface area (Å²) >= 11 is 2.86. The molecule has 5 heterocycles. The van der Waals surface area contributed by atoms with Gasteiger partial charge in [0.25, 0.3) is 5.91 Å². The summed E-state index contributed by atoms with van der Waals surface area (Å²) < 4.78 is 6.24. The van der Waals surface area contributed by atoms with Gasteiger partial charge in [0.1, 0.15) is 41.0 Å². The molecule has 2 N–H and O–H groups in total. The maximum atomic E-state index is 14.3. The first-order valence-electron chi connectivity index (χ1n) is 17.4. The maximum absolute atomic E-state index is 14.3. The molecule has 0 radical (unpaired) electrons. The Morgan fingerprint density at radius 1 is 1.06 bits per heavy atom. The Balaban J connectivity index is 1.38. The molecule has 1 aromatic heterocycles. The number of aromatic nitrogens is 1. The van der Waals surface area contributed by atoms with Gasteiger partial charge in [-0.2, -0.15) is 0 Å². The van der Waals surface area contributed by atoms with Crippen LogP contribution in [0.1, 0.15) is 87.4 Å². The number of thioether (sulfide) groups is 1. The van der Waals surface area contributed by atoms with E-state index in [2.05, 4.69) is 29.5 Å². The zero-order valence-corrected chi connectivity index (χ0v) is 30.4. The number of nitrogens with zero attached hydrogens (tertiary/aromatic N) is 4. The largest absolute Gasteiger partial charge is 0.474 e. The van der Waals surface area contributed by atoms with Crippen molar-refractivity contribution < 1.29 is 23.9 Å². The van der Waals surface area contributed by atoms with Gasteiger partial charge in [0.15, 0.2) is 5.78 Å². The third-order valence-electron chi connectivity index (χ3n) is 10.1. The number of rotatable bonds is 5. The predicted molar refractivity (Wildman–Crippen MR) is 192 cm³/mol. The van der Waals surface area contributed by atoms with E-state index in [9.17, 15) is 19.2 Å². The van der Waals surface area contributed by atoms with Gasteiger partial charge in [0, 0.05) is 36.4 Å².